The molecule has 5 N–H and O–H groups in total. The maximum atomic E-state index is 13.5. The minimum atomic E-state index is -0.898. The van der Waals surface area contributed by atoms with Gasteiger partial charge in [-0.3, -0.25) is 14.9 Å². The van der Waals surface area contributed by atoms with Crippen LogP contribution in [-0.4, -0.2) is 43.4 Å². The lowest BCUT2D eigenvalue weighted by Crippen LogP contribution is -2.54. The molecule has 5 amide bonds. The number of hydrogen-bond donors (Lipinski definition) is 4. The van der Waals surface area contributed by atoms with Crippen molar-refractivity contribution in [3.8, 4) is 0 Å². The van der Waals surface area contributed by atoms with E-state index in [4.69, 9.17) is 5.73 Å². The summed E-state index contributed by atoms with van der Waals surface area (Å²) in [7, 11) is 0. The second-order valence-corrected chi connectivity index (χ2v) is 10.2. The predicted octanol–water partition coefficient (Wildman–Crippen LogP) is 3.42. The number of nitrogens with two attached hydrogens (primary N) is 1. The lowest BCUT2D eigenvalue weighted by atomic mass is 10.0. The molecule has 0 aliphatic carbocycles. The van der Waals surface area contributed by atoms with Crippen LogP contribution in [-0.2, 0) is 37.4 Å². The number of imidazole rings is 1. The molecule has 0 spiro atoms. The normalized spacial score (nSPS) is 13.9. The van der Waals surface area contributed by atoms with E-state index in [0.29, 0.717) is 17.9 Å². The molecule has 0 saturated heterocycles. The van der Waals surface area contributed by atoms with Gasteiger partial charge in [-0.05, 0) is 41.0 Å². The van der Waals surface area contributed by atoms with Crippen LogP contribution in [0.4, 0.5) is 25.4 Å². The highest BCUT2D eigenvalue weighted by molar-refractivity contribution is 5.94. The lowest BCUT2D eigenvalue weighted by molar-refractivity contribution is -0.384. The molecule has 1 aliphatic heterocycles. The Morgan fingerprint density at radius 1 is 0.977 bits per heavy atom. The molecule has 4 aromatic rings. The van der Waals surface area contributed by atoms with Gasteiger partial charge in [-0.2, -0.15) is 0 Å². The Morgan fingerprint density at radius 3 is 2.32 bits per heavy atom. The van der Waals surface area contributed by atoms with Crippen molar-refractivity contribution in [2.75, 3.05) is 5.32 Å². The van der Waals surface area contributed by atoms with Crippen LogP contribution in [0.1, 0.15) is 28.1 Å². The van der Waals surface area contributed by atoms with E-state index in [9.17, 15) is 28.9 Å². The highest BCUT2D eigenvalue weighted by Gasteiger charge is 2.37. The first kappa shape index (κ1) is 29.7. The van der Waals surface area contributed by atoms with E-state index in [0.717, 1.165) is 22.4 Å². The number of rotatable bonds is 9. The van der Waals surface area contributed by atoms with E-state index >= 15 is 0 Å². The zero-order valence-electron chi connectivity index (χ0n) is 23.4. The van der Waals surface area contributed by atoms with Crippen LogP contribution >= 0.6 is 0 Å². The molecular weight excluding hydrogens is 571 g/mol. The average molecular weight is 601 g/mol. The number of carbonyl (C=O) groups is 3. The number of anilines is 1. The molecule has 1 unspecified atom stereocenters. The summed E-state index contributed by atoms with van der Waals surface area (Å²) in [5.74, 6) is -0.844. The van der Waals surface area contributed by atoms with Gasteiger partial charge in [0.15, 0.2) is 0 Å². The van der Waals surface area contributed by atoms with Crippen LogP contribution in [0.3, 0.4) is 0 Å². The molecular formula is C30H29FN8O5. The molecule has 0 saturated carbocycles. The quantitative estimate of drug-likeness (QED) is 0.169. The first-order valence-electron chi connectivity index (χ1n) is 13.6. The molecule has 13 nitrogen and oxygen atoms in total. The van der Waals surface area contributed by atoms with E-state index in [-0.39, 0.29) is 31.7 Å². The molecule has 3 aromatic carbocycles. The zero-order chi connectivity index (χ0) is 31.2. The third-order valence-electron chi connectivity index (χ3n) is 7.20. The Labute approximate surface area is 251 Å². The molecule has 0 bridgehead atoms. The summed E-state index contributed by atoms with van der Waals surface area (Å²) in [6.45, 7) is 0.824. The van der Waals surface area contributed by atoms with Gasteiger partial charge in [0.1, 0.15) is 11.9 Å². The van der Waals surface area contributed by atoms with Gasteiger partial charge in [0.25, 0.3) is 5.69 Å². The van der Waals surface area contributed by atoms with Crippen molar-refractivity contribution >= 4 is 29.3 Å². The summed E-state index contributed by atoms with van der Waals surface area (Å²) in [5.41, 5.74) is 9.25. The number of nitrogens with one attached hydrogen (secondary N) is 3. The fraction of sp³-hybridized carbons (Fsp3) is 0.200. The number of fused-ring (bicyclic) bond motifs is 1. The lowest BCUT2D eigenvalue weighted by Gasteiger charge is -2.35. The summed E-state index contributed by atoms with van der Waals surface area (Å²) >= 11 is 0. The number of halogens is 1. The molecule has 2 heterocycles. The molecule has 226 valence electrons. The molecule has 1 atom stereocenters. The highest BCUT2D eigenvalue weighted by atomic mass is 19.1. The van der Waals surface area contributed by atoms with Gasteiger partial charge in [0, 0.05) is 43.9 Å². The summed E-state index contributed by atoms with van der Waals surface area (Å²) in [6.07, 6.45) is 1.77. The van der Waals surface area contributed by atoms with Crippen molar-refractivity contribution in [2.45, 2.75) is 38.6 Å². The topological polar surface area (TPSA) is 178 Å². The Bertz CT molecular complexity index is 1690. The second kappa shape index (κ2) is 13.0. The average Bonchev–Trinajstić information content (AvgIpc) is 3.41. The van der Waals surface area contributed by atoms with Gasteiger partial charge >= 0.3 is 12.1 Å². The smallest absolute Gasteiger partial charge is 0.322 e. The number of nitrogens with zero attached hydrogens (tertiary/aromatic N) is 4. The first-order valence-corrected chi connectivity index (χ1v) is 13.6. The third-order valence-corrected chi connectivity index (χ3v) is 7.20. The number of carbonyl (C=O) groups excluding carboxylic acids is 3. The summed E-state index contributed by atoms with van der Waals surface area (Å²) in [6, 6.07) is 16.6. The molecule has 1 aromatic heterocycles. The fourth-order valence-electron chi connectivity index (χ4n) is 4.94. The Kier molecular flexibility index (Phi) is 8.79. The summed E-state index contributed by atoms with van der Waals surface area (Å²) in [4.78, 5) is 54.6. The number of nitro groups is 1. The monoisotopic (exact) mass is 600 g/mol. The standard InChI is InChI=1S/C30H29FN8O5/c31-22-6-8-23(9-7-22)36-30(42)38-17-27-25(35-18-37(27)16-19-4-10-24(11-5-19)39(43)44)13-26(38)28(40)33-14-20-2-1-3-21(12-20)15-34-29(32)41/h1-12,18,26H,13-17H2,(H,33,40)(H,36,42)(H3,32,34,41). The Hall–Kier alpha value is -5.79. The van der Waals surface area contributed by atoms with Gasteiger partial charge in [-0.15, -0.1) is 0 Å². The van der Waals surface area contributed by atoms with Crippen molar-refractivity contribution in [1.82, 2.24) is 25.1 Å². The molecule has 1 aliphatic rings. The van der Waals surface area contributed by atoms with Crippen molar-refractivity contribution in [3.63, 3.8) is 0 Å². The molecule has 5 rings (SSSR count). The fourth-order valence-corrected chi connectivity index (χ4v) is 4.94. The van der Waals surface area contributed by atoms with Crippen LogP contribution < -0.4 is 21.7 Å². The molecule has 0 radical (unpaired) electrons. The minimum Gasteiger partial charge on any atom is -0.352 e. The van der Waals surface area contributed by atoms with Crippen LogP contribution in [0, 0.1) is 15.9 Å². The van der Waals surface area contributed by atoms with Crippen molar-refractivity contribution in [2.24, 2.45) is 5.73 Å². The Morgan fingerprint density at radius 2 is 1.66 bits per heavy atom. The number of primary amides is 1. The number of hydrogen-bond acceptors (Lipinski definition) is 6. The molecule has 44 heavy (non-hydrogen) atoms. The third kappa shape index (κ3) is 7.15. The van der Waals surface area contributed by atoms with Crippen LogP contribution in [0.25, 0.3) is 0 Å². The van der Waals surface area contributed by atoms with E-state index in [1.54, 1.807) is 24.5 Å². The first-order chi connectivity index (χ1) is 21.2. The van der Waals surface area contributed by atoms with Crippen LogP contribution in [0.5, 0.6) is 0 Å². The highest BCUT2D eigenvalue weighted by Crippen LogP contribution is 2.25. The largest absolute Gasteiger partial charge is 0.352 e. The summed E-state index contributed by atoms with van der Waals surface area (Å²) < 4.78 is 15.3. The second-order valence-electron chi connectivity index (χ2n) is 10.2. The number of urea groups is 2. The van der Waals surface area contributed by atoms with Gasteiger partial charge in [0.05, 0.1) is 29.2 Å². The van der Waals surface area contributed by atoms with E-state index < -0.39 is 34.8 Å². The van der Waals surface area contributed by atoms with Crippen molar-refractivity contribution in [1.29, 1.82) is 0 Å². The zero-order valence-corrected chi connectivity index (χ0v) is 23.4. The van der Waals surface area contributed by atoms with Crippen LogP contribution in [0.15, 0.2) is 79.1 Å². The van der Waals surface area contributed by atoms with Gasteiger partial charge in [-0.25, -0.2) is 19.0 Å². The number of non-ortho nitro benzene ring substituents is 1. The maximum Gasteiger partial charge on any atom is 0.322 e. The van der Waals surface area contributed by atoms with Crippen molar-refractivity contribution in [3.05, 3.63) is 123 Å². The van der Waals surface area contributed by atoms with Gasteiger partial charge in [0.2, 0.25) is 5.91 Å². The SMILES string of the molecule is NC(=O)NCc1cccc(CNC(=O)C2Cc3ncn(Cc4ccc([N+](=O)[O-])cc4)c3CN2C(=O)Nc2ccc(F)cc2)c1. The van der Waals surface area contributed by atoms with Gasteiger partial charge in [-0.1, -0.05) is 36.4 Å². The Balaban J connectivity index is 1.35. The molecule has 0 fully saturated rings. The number of amides is 5. The molecule has 14 heteroatoms. The van der Waals surface area contributed by atoms with E-state index in [1.165, 1.54) is 41.3 Å². The van der Waals surface area contributed by atoms with E-state index in [2.05, 4.69) is 20.9 Å². The minimum absolute atomic E-state index is 0.0204. The maximum absolute atomic E-state index is 13.5. The van der Waals surface area contributed by atoms with E-state index in [1.807, 2.05) is 22.8 Å². The number of benzene rings is 3. The van der Waals surface area contributed by atoms with Crippen molar-refractivity contribution < 1.29 is 23.7 Å². The van der Waals surface area contributed by atoms with Crippen LogP contribution in [0.2, 0.25) is 0 Å². The van der Waals surface area contributed by atoms with Gasteiger partial charge < -0.3 is 31.2 Å². The number of aromatic nitrogens is 2. The predicted molar refractivity (Wildman–Crippen MR) is 158 cm³/mol. The summed E-state index contributed by atoms with van der Waals surface area (Å²) in [5, 5.41) is 19.2. The number of nitro benzene ring substituents is 1.